The lowest BCUT2D eigenvalue weighted by atomic mass is 10.1. The monoisotopic (exact) mass is 380 g/mol. The largest absolute Gasteiger partial charge is 0.481 e. The van der Waals surface area contributed by atoms with Crippen LogP contribution in [0.25, 0.3) is 0 Å². The quantitative estimate of drug-likeness (QED) is 0.163. The first-order valence-corrected chi connectivity index (χ1v) is 7.55. The lowest BCUT2D eigenvalue weighted by Gasteiger charge is -2.22. The number of amides is 3. The van der Waals surface area contributed by atoms with E-state index in [1.807, 2.05) is 10.6 Å². The maximum Gasteiger partial charge on any atom is 0.327 e. The molecule has 0 aliphatic heterocycles. The second kappa shape index (κ2) is 11.2. The van der Waals surface area contributed by atoms with Gasteiger partial charge >= 0.3 is 11.9 Å². The minimum absolute atomic E-state index is 0.263. The number of thiol groups is 1. The summed E-state index contributed by atoms with van der Waals surface area (Å²) in [6.07, 6.45) is -0.848. The van der Waals surface area contributed by atoms with Crippen LogP contribution in [0, 0.1) is 0 Å². The zero-order valence-electron chi connectivity index (χ0n) is 13.0. The molecule has 0 rings (SSSR count). The zero-order chi connectivity index (χ0) is 19.6. The van der Waals surface area contributed by atoms with Crippen molar-refractivity contribution in [1.29, 1.82) is 0 Å². The topological polar surface area (TPSA) is 208 Å². The van der Waals surface area contributed by atoms with Gasteiger partial charge in [0.1, 0.15) is 18.1 Å². The van der Waals surface area contributed by atoms with Crippen LogP contribution in [-0.2, 0) is 24.0 Å². The van der Waals surface area contributed by atoms with Crippen LogP contribution in [-0.4, -0.2) is 82.0 Å². The van der Waals surface area contributed by atoms with E-state index in [4.69, 9.17) is 21.1 Å². The summed E-state index contributed by atoms with van der Waals surface area (Å²) >= 11 is 3.74. The molecule has 0 aliphatic carbocycles. The minimum atomic E-state index is -1.63. The van der Waals surface area contributed by atoms with E-state index in [0.717, 1.165) is 0 Å². The highest BCUT2D eigenvalue weighted by atomic mass is 32.1. The van der Waals surface area contributed by atoms with Gasteiger partial charge in [-0.1, -0.05) is 0 Å². The van der Waals surface area contributed by atoms with Crippen LogP contribution in [0.5, 0.6) is 0 Å². The first-order valence-electron chi connectivity index (χ1n) is 6.92. The van der Waals surface area contributed by atoms with Gasteiger partial charge in [-0.15, -0.1) is 0 Å². The van der Waals surface area contributed by atoms with E-state index in [1.54, 1.807) is 0 Å². The first-order chi connectivity index (χ1) is 11.7. The number of aliphatic hydroxyl groups is 1. The number of hydrogen-bond acceptors (Lipinski definition) is 8. The summed E-state index contributed by atoms with van der Waals surface area (Å²) in [6.45, 7) is -1.28. The van der Waals surface area contributed by atoms with Crippen molar-refractivity contribution in [3.63, 3.8) is 0 Å². The molecule has 0 saturated carbocycles. The fourth-order valence-corrected chi connectivity index (χ4v) is 1.81. The van der Waals surface area contributed by atoms with E-state index < -0.39 is 67.4 Å². The molecular formula is C12H20N4O8S. The van der Waals surface area contributed by atoms with Gasteiger partial charge in [-0.2, -0.15) is 12.6 Å². The van der Waals surface area contributed by atoms with Crippen molar-refractivity contribution in [1.82, 2.24) is 16.0 Å². The molecule has 13 heteroatoms. The van der Waals surface area contributed by atoms with Crippen molar-refractivity contribution >= 4 is 42.3 Å². The highest BCUT2D eigenvalue weighted by Crippen LogP contribution is 1.98. The molecular weight excluding hydrogens is 360 g/mol. The average molecular weight is 380 g/mol. The second-order valence-electron chi connectivity index (χ2n) is 4.75. The van der Waals surface area contributed by atoms with E-state index in [1.165, 1.54) is 0 Å². The Morgan fingerprint density at radius 1 is 0.920 bits per heavy atom. The Labute approximate surface area is 147 Å². The molecule has 0 aliphatic rings. The normalized spacial score (nSPS) is 13.9. The maximum atomic E-state index is 12.0. The van der Waals surface area contributed by atoms with Crippen molar-refractivity contribution in [2.45, 2.75) is 24.5 Å². The maximum absolute atomic E-state index is 12.0. The summed E-state index contributed by atoms with van der Waals surface area (Å²) in [7, 11) is 0. The number of hydrogen-bond donors (Lipinski definition) is 8. The minimum Gasteiger partial charge on any atom is -0.481 e. The molecule has 25 heavy (non-hydrogen) atoms. The molecule has 0 aromatic carbocycles. The molecule has 0 saturated heterocycles. The fraction of sp³-hybridized carbons (Fsp3) is 0.583. The van der Waals surface area contributed by atoms with E-state index in [-0.39, 0.29) is 5.75 Å². The highest BCUT2D eigenvalue weighted by Gasteiger charge is 2.30. The SMILES string of the molecule is NCC(=O)NC(CO)C(=O)NC(CC(=O)O)C(=O)NC(CS)C(=O)O. The molecule has 0 spiro atoms. The van der Waals surface area contributed by atoms with E-state index in [2.05, 4.69) is 17.9 Å². The first kappa shape index (κ1) is 22.6. The number of nitrogens with two attached hydrogens (primary N) is 1. The van der Waals surface area contributed by atoms with Gasteiger partial charge < -0.3 is 37.0 Å². The molecule has 0 aromatic rings. The number of rotatable bonds is 11. The number of carboxylic acid groups (broad SMARTS) is 2. The molecule has 0 bridgehead atoms. The third-order valence-corrected chi connectivity index (χ3v) is 3.19. The molecule has 3 amide bonds. The van der Waals surface area contributed by atoms with Crippen LogP contribution >= 0.6 is 12.6 Å². The molecule has 3 atom stereocenters. The van der Waals surface area contributed by atoms with Gasteiger partial charge in [0.05, 0.1) is 19.6 Å². The Morgan fingerprint density at radius 3 is 1.84 bits per heavy atom. The Bertz CT molecular complexity index is 529. The van der Waals surface area contributed by atoms with Gasteiger partial charge in [0.15, 0.2) is 0 Å². The number of carboxylic acids is 2. The molecule has 8 N–H and O–H groups in total. The van der Waals surface area contributed by atoms with Gasteiger partial charge in [0, 0.05) is 5.75 Å². The Morgan fingerprint density at radius 2 is 1.44 bits per heavy atom. The van der Waals surface area contributed by atoms with Gasteiger partial charge in [-0.3, -0.25) is 19.2 Å². The Hall–Kier alpha value is -2.38. The van der Waals surface area contributed by atoms with Crippen molar-refractivity contribution in [2.24, 2.45) is 5.73 Å². The molecule has 0 heterocycles. The van der Waals surface area contributed by atoms with Crippen LogP contribution in [0.15, 0.2) is 0 Å². The van der Waals surface area contributed by atoms with Gasteiger partial charge in [0.2, 0.25) is 17.7 Å². The van der Waals surface area contributed by atoms with E-state index in [0.29, 0.717) is 0 Å². The zero-order valence-corrected chi connectivity index (χ0v) is 13.9. The third-order valence-electron chi connectivity index (χ3n) is 2.83. The summed E-state index contributed by atoms with van der Waals surface area (Å²) < 4.78 is 0. The molecule has 0 fully saturated rings. The van der Waals surface area contributed by atoms with Crippen molar-refractivity contribution in [2.75, 3.05) is 18.9 Å². The summed E-state index contributed by atoms with van der Waals surface area (Å²) in [4.78, 5) is 56.9. The summed E-state index contributed by atoms with van der Waals surface area (Å²) in [5, 5.41) is 32.9. The summed E-state index contributed by atoms with van der Waals surface area (Å²) in [5.41, 5.74) is 5.06. The predicted octanol–water partition coefficient (Wildman–Crippen LogP) is -4.12. The van der Waals surface area contributed by atoms with Gasteiger partial charge in [-0.05, 0) is 0 Å². The van der Waals surface area contributed by atoms with Crippen molar-refractivity contribution in [3.05, 3.63) is 0 Å². The second-order valence-corrected chi connectivity index (χ2v) is 5.11. The summed E-state index contributed by atoms with van der Waals surface area (Å²) in [5.74, 6) is -5.96. The van der Waals surface area contributed by atoms with E-state index >= 15 is 0 Å². The Kier molecular flexibility index (Phi) is 10.2. The number of carbonyl (C=O) groups is 5. The molecule has 0 radical (unpaired) electrons. The van der Waals surface area contributed by atoms with E-state index in [9.17, 15) is 24.0 Å². The van der Waals surface area contributed by atoms with Crippen LogP contribution in [0.1, 0.15) is 6.42 Å². The lowest BCUT2D eigenvalue weighted by Crippen LogP contribution is -2.57. The fourth-order valence-electron chi connectivity index (χ4n) is 1.56. The van der Waals surface area contributed by atoms with Crippen molar-refractivity contribution in [3.8, 4) is 0 Å². The standard InChI is InChI=1S/C12H20N4O8S/c13-2-8(18)14-6(3-17)11(22)15-5(1-9(19)20)10(21)16-7(4-25)12(23)24/h5-7,17,25H,1-4,13H2,(H,14,18)(H,15,22)(H,16,21)(H,19,20)(H,23,24). The molecule has 0 aromatic heterocycles. The van der Waals surface area contributed by atoms with Gasteiger partial charge in [-0.25, -0.2) is 4.79 Å². The van der Waals surface area contributed by atoms with Crippen LogP contribution < -0.4 is 21.7 Å². The molecule has 3 unspecified atom stereocenters. The smallest absolute Gasteiger partial charge is 0.327 e. The lowest BCUT2D eigenvalue weighted by molar-refractivity contribution is -0.143. The molecule has 12 nitrogen and oxygen atoms in total. The van der Waals surface area contributed by atoms with Crippen LogP contribution in [0.2, 0.25) is 0 Å². The Balaban J connectivity index is 5.10. The number of carbonyl (C=O) groups excluding carboxylic acids is 3. The van der Waals surface area contributed by atoms with Gasteiger partial charge in [0.25, 0.3) is 0 Å². The highest BCUT2D eigenvalue weighted by molar-refractivity contribution is 7.80. The third kappa shape index (κ3) is 8.32. The number of aliphatic carboxylic acids is 2. The summed E-state index contributed by atoms with van der Waals surface area (Å²) in [6, 6.07) is -4.48. The van der Waals surface area contributed by atoms with Crippen molar-refractivity contribution < 1.29 is 39.3 Å². The number of nitrogens with one attached hydrogen (secondary N) is 3. The molecule has 142 valence electrons. The van der Waals surface area contributed by atoms with Crippen LogP contribution in [0.3, 0.4) is 0 Å². The predicted molar refractivity (Wildman–Crippen MR) is 85.7 cm³/mol. The number of aliphatic hydroxyl groups excluding tert-OH is 1. The average Bonchev–Trinajstić information content (AvgIpc) is 2.55. The van der Waals surface area contributed by atoms with Crippen LogP contribution in [0.4, 0.5) is 0 Å².